The predicted octanol–water partition coefficient (Wildman–Crippen LogP) is 0.947. The average Bonchev–Trinajstić information content (AvgIpc) is 2.85. The van der Waals surface area contributed by atoms with Gasteiger partial charge in [-0.05, 0) is 38.6 Å². The van der Waals surface area contributed by atoms with Crippen LogP contribution in [0.4, 0.5) is 4.79 Å². The lowest BCUT2D eigenvalue weighted by Gasteiger charge is -2.35. The van der Waals surface area contributed by atoms with Crippen LogP contribution in [0.2, 0.25) is 0 Å². The van der Waals surface area contributed by atoms with Crippen molar-refractivity contribution in [3.63, 3.8) is 0 Å². The smallest absolute Gasteiger partial charge is 0.416 e. The number of carbonyl (C=O) groups excluding carboxylic acids is 2. The fourth-order valence-corrected chi connectivity index (χ4v) is 3.02. The van der Waals surface area contributed by atoms with Gasteiger partial charge in [-0.2, -0.15) is 0 Å². The number of hydrogen-bond donors (Lipinski definition) is 1. The molecule has 0 radical (unpaired) electrons. The average molecular weight is 283 g/mol. The van der Waals surface area contributed by atoms with Crippen molar-refractivity contribution in [2.75, 3.05) is 26.2 Å². The van der Waals surface area contributed by atoms with Gasteiger partial charge in [0, 0.05) is 12.1 Å². The van der Waals surface area contributed by atoms with Crippen LogP contribution in [0.15, 0.2) is 0 Å². The Labute approximate surface area is 120 Å². The highest BCUT2D eigenvalue weighted by molar-refractivity contribution is 5.94. The lowest BCUT2D eigenvalue weighted by Crippen LogP contribution is -2.47. The van der Waals surface area contributed by atoms with E-state index in [-0.39, 0.29) is 5.91 Å². The molecule has 0 bridgehead atoms. The van der Waals surface area contributed by atoms with Gasteiger partial charge >= 0.3 is 6.09 Å². The summed E-state index contributed by atoms with van der Waals surface area (Å²) in [6.07, 6.45) is 4.62. The topological polar surface area (TPSA) is 75.9 Å². The minimum Gasteiger partial charge on any atom is -0.447 e. The van der Waals surface area contributed by atoms with Gasteiger partial charge in [0.25, 0.3) is 0 Å². The molecule has 0 unspecified atom stereocenters. The first-order chi connectivity index (χ1) is 9.61. The Hall–Kier alpha value is -1.14. The van der Waals surface area contributed by atoms with E-state index in [1.54, 1.807) is 0 Å². The SMILES string of the molecule is CCCN(CC(=O)N1CCOC1=O)C1CCC(N)CC1. The molecule has 1 saturated carbocycles. The molecule has 2 fully saturated rings. The number of amides is 2. The van der Waals surface area contributed by atoms with Crippen molar-refractivity contribution in [3.05, 3.63) is 0 Å². The Bertz CT molecular complexity index is 354. The summed E-state index contributed by atoms with van der Waals surface area (Å²) < 4.78 is 4.82. The molecule has 1 saturated heterocycles. The van der Waals surface area contributed by atoms with Crippen LogP contribution in [-0.2, 0) is 9.53 Å². The van der Waals surface area contributed by atoms with Crippen LogP contribution >= 0.6 is 0 Å². The van der Waals surface area contributed by atoms with Gasteiger partial charge in [0.15, 0.2) is 0 Å². The van der Waals surface area contributed by atoms with Crippen LogP contribution in [0.1, 0.15) is 39.0 Å². The molecule has 0 atom stereocenters. The molecule has 114 valence electrons. The van der Waals surface area contributed by atoms with Crippen molar-refractivity contribution in [2.45, 2.75) is 51.1 Å². The molecule has 0 aromatic heterocycles. The molecule has 1 heterocycles. The minimum absolute atomic E-state index is 0.143. The summed E-state index contributed by atoms with van der Waals surface area (Å²) in [6.45, 7) is 4.00. The van der Waals surface area contributed by atoms with Gasteiger partial charge in [-0.3, -0.25) is 9.69 Å². The lowest BCUT2D eigenvalue weighted by atomic mass is 9.90. The molecule has 2 amide bonds. The number of carbonyl (C=O) groups is 2. The number of imide groups is 1. The summed E-state index contributed by atoms with van der Waals surface area (Å²) in [5.74, 6) is -0.143. The number of hydrogen-bond acceptors (Lipinski definition) is 5. The van der Waals surface area contributed by atoms with E-state index in [2.05, 4.69) is 11.8 Å². The zero-order valence-electron chi connectivity index (χ0n) is 12.2. The molecule has 2 rings (SSSR count). The lowest BCUT2D eigenvalue weighted by molar-refractivity contribution is -0.129. The molecular formula is C14H25N3O3. The summed E-state index contributed by atoms with van der Waals surface area (Å²) >= 11 is 0. The van der Waals surface area contributed by atoms with Gasteiger partial charge < -0.3 is 10.5 Å². The van der Waals surface area contributed by atoms with Gasteiger partial charge in [-0.1, -0.05) is 6.92 Å². The van der Waals surface area contributed by atoms with Crippen molar-refractivity contribution in [2.24, 2.45) is 5.73 Å². The minimum atomic E-state index is -0.503. The molecule has 0 spiro atoms. The third-order valence-corrected chi connectivity index (χ3v) is 4.17. The number of nitrogens with two attached hydrogens (primary N) is 1. The Morgan fingerprint density at radius 2 is 2.10 bits per heavy atom. The van der Waals surface area contributed by atoms with E-state index in [1.165, 1.54) is 4.90 Å². The normalized spacial score (nSPS) is 26.9. The molecule has 6 heteroatoms. The van der Waals surface area contributed by atoms with Crippen LogP contribution in [0.25, 0.3) is 0 Å². The zero-order valence-corrected chi connectivity index (χ0v) is 12.2. The van der Waals surface area contributed by atoms with Crippen LogP contribution in [0.5, 0.6) is 0 Å². The Morgan fingerprint density at radius 1 is 1.40 bits per heavy atom. The molecule has 6 nitrogen and oxygen atoms in total. The highest BCUT2D eigenvalue weighted by Crippen LogP contribution is 2.22. The van der Waals surface area contributed by atoms with Gasteiger partial charge in [0.05, 0.1) is 13.1 Å². The molecule has 0 aromatic rings. The Kier molecular flexibility index (Phi) is 5.37. The Morgan fingerprint density at radius 3 is 2.65 bits per heavy atom. The highest BCUT2D eigenvalue weighted by Gasteiger charge is 2.31. The summed E-state index contributed by atoms with van der Waals surface area (Å²) in [6, 6.07) is 0.719. The summed E-state index contributed by atoms with van der Waals surface area (Å²) in [7, 11) is 0. The molecular weight excluding hydrogens is 258 g/mol. The van der Waals surface area contributed by atoms with Crippen LogP contribution in [-0.4, -0.2) is 60.1 Å². The van der Waals surface area contributed by atoms with E-state index < -0.39 is 6.09 Å². The highest BCUT2D eigenvalue weighted by atomic mass is 16.6. The van der Waals surface area contributed by atoms with Crippen molar-refractivity contribution >= 4 is 12.0 Å². The summed E-state index contributed by atoms with van der Waals surface area (Å²) in [4.78, 5) is 27.1. The Balaban J connectivity index is 1.91. The molecule has 2 N–H and O–H groups in total. The van der Waals surface area contributed by atoms with Crippen molar-refractivity contribution in [1.82, 2.24) is 9.80 Å². The maximum absolute atomic E-state index is 12.2. The van der Waals surface area contributed by atoms with E-state index in [0.29, 0.717) is 31.8 Å². The van der Waals surface area contributed by atoms with Crippen LogP contribution in [0.3, 0.4) is 0 Å². The van der Waals surface area contributed by atoms with E-state index in [0.717, 1.165) is 38.6 Å². The quantitative estimate of drug-likeness (QED) is 0.813. The molecule has 20 heavy (non-hydrogen) atoms. The van der Waals surface area contributed by atoms with E-state index >= 15 is 0 Å². The standard InChI is InChI=1S/C14H25N3O3/c1-2-7-16(12-5-3-11(15)4-6-12)10-13(18)17-8-9-20-14(17)19/h11-12H,2-10,15H2,1H3. The third-order valence-electron chi connectivity index (χ3n) is 4.17. The van der Waals surface area contributed by atoms with Gasteiger partial charge in [-0.25, -0.2) is 9.69 Å². The fourth-order valence-electron chi connectivity index (χ4n) is 3.02. The number of rotatable bonds is 5. The van der Waals surface area contributed by atoms with E-state index in [9.17, 15) is 9.59 Å². The largest absolute Gasteiger partial charge is 0.447 e. The second-order valence-electron chi connectivity index (χ2n) is 5.70. The number of cyclic esters (lactones) is 1. The van der Waals surface area contributed by atoms with Crippen molar-refractivity contribution in [3.8, 4) is 0 Å². The van der Waals surface area contributed by atoms with Crippen molar-refractivity contribution in [1.29, 1.82) is 0 Å². The predicted molar refractivity (Wildman–Crippen MR) is 75.2 cm³/mol. The van der Waals surface area contributed by atoms with E-state index in [1.807, 2.05) is 0 Å². The second kappa shape index (κ2) is 7.04. The first kappa shape index (κ1) is 15.3. The monoisotopic (exact) mass is 283 g/mol. The number of ether oxygens (including phenoxy) is 1. The first-order valence-electron chi connectivity index (χ1n) is 7.58. The van der Waals surface area contributed by atoms with Crippen LogP contribution in [0, 0.1) is 0 Å². The van der Waals surface area contributed by atoms with Gasteiger partial charge in [0.1, 0.15) is 6.61 Å². The summed E-state index contributed by atoms with van der Waals surface area (Å²) in [5.41, 5.74) is 5.94. The summed E-state index contributed by atoms with van der Waals surface area (Å²) in [5, 5.41) is 0. The van der Waals surface area contributed by atoms with Crippen molar-refractivity contribution < 1.29 is 14.3 Å². The third kappa shape index (κ3) is 3.70. The van der Waals surface area contributed by atoms with Crippen LogP contribution < -0.4 is 5.73 Å². The molecule has 0 aromatic carbocycles. The zero-order chi connectivity index (χ0) is 14.5. The molecule has 2 aliphatic rings. The second-order valence-corrected chi connectivity index (χ2v) is 5.70. The molecule has 1 aliphatic carbocycles. The first-order valence-corrected chi connectivity index (χ1v) is 7.58. The fraction of sp³-hybridized carbons (Fsp3) is 0.857. The molecule has 1 aliphatic heterocycles. The van der Waals surface area contributed by atoms with Gasteiger partial charge in [0.2, 0.25) is 5.91 Å². The maximum atomic E-state index is 12.2. The number of nitrogens with zero attached hydrogens (tertiary/aromatic N) is 2. The maximum Gasteiger partial charge on any atom is 0.416 e. The van der Waals surface area contributed by atoms with E-state index in [4.69, 9.17) is 10.5 Å². The van der Waals surface area contributed by atoms with Gasteiger partial charge in [-0.15, -0.1) is 0 Å².